The summed E-state index contributed by atoms with van der Waals surface area (Å²) in [5.41, 5.74) is 0. The number of rotatable bonds is 2. The molecule has 1 aliphatic carbocycles. The van der Waals surface area contributed by atoms with Crippen LogP contribution in [-0.2, 0) is 9.09 Å². The number of nitrogens with one attached hydrogen (secondary N) is 1. The van der Waals surface area contributed by atoms with Gasteiger partial charge in [-0.25, -0.2) is 0 Å². The Balaban J connectivity index is 0. The second kappa shape index (κ2) is 9.83. The van der Waals surface area contributed by atoms with Crippen molar-refractivity contribution in [1.29, 1.82) is 0 Å². The Morgan fingerprint density at radius 2 is 1.89 bits per heavy atom. The van der Waals surface area contributed by atoms with Crippen molar-refractivity contribution in [2.24, 2.45) is 5.92 Å². The van der Waals surface area contributed by atoms with Gasteiger partial charge < -0.3 is 29.7 Å². The van der Waals surface area contributed by atoms with Gasteiger partial charge >= 0.3 is 59.1 Å². The first-order valence-electron chi connectivity index (χ1n) is 5.09. The van der Waals surface area contributed by atoms with E-state index in [1.165, 1.54) is 0 Å². The van der Waals surface area contributed by atoms with Crippen LogP contribution in [0.1, 0.15) is 12.8 Å². The number of phosphoric ester groups is 1. The molecule has 1 heterocycles. The van der Waals surface area contributed by atoms with Gasteiger partial charge in [-0.3, -0.25) is 0 Å². The molecule has 1 saturated carbocycles. The molecule has 6 nitrogen and oxygen atoms in total. The van der Waals surface area contributed by atoms with Gasteiger partial charge in [0.25, 0.3) is 0 Å². The minimum atomic E-state index is -4.90. The minimum Gasteiger partial charge on any atom is -0.790 e. The van der Waals surface area contributed by atoms with E-state index in [0.29, 0.717) is 6.54 Å². The van der Waals surface area contributed by atoms with Crippen molar-refractivity contribution in [3.63, 3.8) is 0 Å². The van der Waals surface area contributed by atoms with Gasteiger partial charge in [0.15, 0.2) is 0 Å². The average molecular weight is 397 g/mol. The zero-order chi connectivity index (χ0) is 11.9. The molecule has 2 rings (SSSR count). The number of phosphoric acid groups is 1. The van der Waals surface area contributed by atoms with Crippen LogP contribution < -0.4 is 74.2 Å². The first-order chi connectivity index (χ1) is 7.37. The first kappa shape index (κ1) is 24.1. The van der Waals surface area contributed by atoms with Crippen LogP contribution in [0.2, 0.25) is 0 Å². The molecule has 0 bridgehead atoms. The molecule has 0 spiro atoms. The van der Waals surface area contributed by atoms with E-state index in [9.17, 15) is 14.4 Å². The maximum absolute atomic E-state index is 10.6. The van der Waals surface area contributed by atoms with Gasteiger partial charge in [-0.1, -0.05) is 15.9 Å². The molecular weight excluding hydrogens is 382 g/mol. The Morgan fingerprint density at radius 3 is 2.42 bits per heavy atom. The first-order valence-corrected chi connectivity index (χ1v) is 7.90. The van der Waals surface area contributed by atoms with E-state index in [2.05, 4.69) is 25.8 Å². The third-order valence-electron chi connectivity index (χ3n) is 3.21. The molecule has 19 heavy (non-hydrogen) atoms. The Bertz CT molecular complexity index is 326. The van der Waals surface area contributed by atoms with Gasteiger partial charge in [0.1, 0.15) is 0 Å². The fraction of sp³-hybridized carbons (Fsp3) is 1.00. The molecule has 5 unspecified atom stereocenters. The smallest absolute Gasteiger partial charge is 0.790 e. The fourth-order valence-electron chi connectivity index (χ4n) is 2.48. The summed E-state index contributed by atoms with van der Waals surface area (Å²) in [6.07, 6.45) is 0.926. The van der Waals surface area contributed by atoms with E-state index >= 15 is 0 Å². The van der Waals surface area contributed by atoms with Gasteiger partial charge in [-0.2, -0.15) is 0 Å². The summed E-state index contributed by atoms with van der Waals surface area (Å²) in [7, 11) is -4.90. The van der Waals surface area contributed by atoms with Crippen LogP contribution in [0.4, 0.5) is 0 Å². The second-order valence-corrected chi connectivity index (χ2v) is 7.12. The summed E-state index contributed by atoms with van der Waals surface area (Å²) in [4.78, 5) is 21.3. The largest absolute Gasteiger partial charge is 1.00 e. The third-order valence-corrected chi connectivity index (χ3v) is 5.54. The summed E-state index contributed by atoms with van der Waals surface area (Å²) >= 11 is 9.57. The van der Waals surface area contributed by atoms with Crippen LogP contribution in [0, 0.1) is 5.92 Å². The molecule has 0 aromatic rings. The summed E-state index contributed by atoms with van der Waals surface area (Å²) in [5.74, 6) is 0.0376. The topological polar surface area (TPSA) is 116 Å². The van der Waals surface area contributed by atoms with Crippen molar-refractivity contribution >= 4 is 35.4 Å². The number of fused-ring (bicyclic) bond motifs is 1. The Kier molecular flexibility index (Phi) is 12.4. The molecule has 0 aromatic carbocycles. The van der Waals surface area contributed by atoms with E-state index < -0.39 is 13.9 Å². The predicted molar refractivity (Wildman–Crippen MR) is 63.0 cm³/mol. The zero-order valence-corrected chi connectivity index (χ0v) is 18.1. The summed E-state index contributed by atoms with van der Waals surface area (Å²) in [6.45, 7) is 0.396. The van der Waals surface area contributed by atoms with Crippen molar-refractivity contribution in [3.8, 4) is 0 Å². The Hall–Kier alpha value is 2.80. The number of halogens is 2. The van der Waals surface area contributed by atoms with Gasteiger partial charge in [-0.15, -0.1) is 11.6 Å². The van der Waals surface area contributed by atoms with Crippen molar-refractivity contribution in [1.82, 2.24) is 5.32 Å². The molecule has 0 radical (unpaired) electrons. The van der Waals surface area contributed by atoms with Gasteiger partial charge in [0.05, 0.1) is 13.9 Å². The molecule has 11 heteroatoms. The SMILES string of the molecule is O.O=P([O-])([O-])OC1CNC2CC(Cl)C(Br)CC21.[Na+].[Na+]. The Labute approximate surface area is 170 Å². The molecule has 2 aliphatic rings. The van der Waals surface area contributed by atoms with E-state index in [0.717, 1.165) is 12.8 Å². The maximum atomic E-state index is 10.6. The molecule has 102 valence electrons. The predicted octanol–water partition coefficient (Wildman–Crippen LogP) is -6.86. The zero-order valence-electron chi connectivity index (χ0n) is 10.8. The van der Waals surface area contributed by atoms with Crippen LogP contribution in [0.5, 0.6) is 0 Å². The molecule has 0 aromatic heterocycles. The average Bonchev–Trinajstić information content (AvgIpc) is 2.47. The normalized spacial score (nSPS) is 37.4. The van der Waals surface area contributed by atoms with Gasteiger partial charge in [-0.05, 0) is 12.8 Å². The van der Waals surface area contributed by atoms with Crippen LogP contribution in [-0.4, -0.2) is 34.4 Å². The van der Waals surface area contributed by atoms with E-state index in [4.69, 9.17) is 11.6 Å². The second-order valence-electron chi connectivity index (χ2n) is 4.27. The van der Waals surface area contributed by atoms with Crippen LogP contribution in [0.3, 0.4) is 0 Å². The fourth-order valence-corrected chi connectivity index (χ4v) is 3.99. The standard InChI is InChI=1S/C8H14BrClNO4P.2Na.H2O/c9-5-1-4-7(2-6(5)10)11-3-8(4)15-16(12,13)14;;;/h4-8,11H,1-3H2,(H2,12,13,14);;;1H2/q;2*+1;/p-2. The summed E-state index contributed by atoms with van der Waals surface area (Å²) in [5, 5.41) is 3.18. The molecule has 1 aliphatic heterocycles. The maximum Gasteiger partial charge on any atom is 1.00 e. The third kappa shape index (κ3) is 6.83. The summed E-state index contributed by atoms with van der Waals surface area (Å²) < 4.78 is 15.2. The van der Waals surface area contributed by atoms with Crippen molar-refractivity contribution < 1.29 is 83.5 Å². The number of hydrogen-bond acceptors (Lipinski definition) is 5. The molecule has 2 fully saturated rings. The Morgan fingerprint density at radius 1 is 1.32 bits per heavy atom. The minimum absolute atomic E-state index is 0. The monoisotopic (exact) mass is 395 g/mol. The summed E-state index contributed by atoms with van der Waals surface area (Å²) in [6, 6.07) is 0.146. The van der Waals surface area contributed by atoms with Crippen LogP contribution in [0.15, 0.2) is 0 Å². The van der Waals surface area contributed by atoms with E-state index in [1.54, 1.807) is 0 Å². The molecule has 1 saturated heterocycles. The van der Waals surface area contributed by atoms with Crippen molar-refractivity contribution in [2.45, 2.75) is 35.2 Å². The van der Waals surface area contributed by atoms with E-state index in [1.807, 2.05) is 0 Å². The van der Waals surface area contributed by atoms with Crippen molar-refractivity contribution in [2.75, 3.05) is 6.54 Å². The molecule has 5 atom stereocenters. The van der Waals surface area contributed by atoms with Crippen LogP contribution in [0.25, 0.3) is 0 Å². The number of hydrogen-bond donors (Lipinski definition) is 1. The number of alkyl halides is 2. The van der Waals surface area contributed by atoms with Crippen LogP contribution >= 0.6 is 35.4 Å². The van der Waals surface area contributed by atoms with E-state index in [-0.39, 0.29) is 86.8 Å². The van der Waals surface area contributed by atoms with Gasteiger partial charge in [0, 0.05) is 28.7 Å². The van der Waals surface area contributed by atoms with Gasteiger partial charge in [0.2, 0.25) is 0 Å². The molecular formula is C8H14BrClNNa2O5P. The van der Waals surface area contributed by atoms with Crippen molar-refractivity contribution in [3.05, 3.63) is 0 Å². The molecule has 0 amide bonds. The quantitative estimate of drug-likeness (QED) is 0.283. The molecule has 3 N–H and O–H groups in total.